The van der Waals surface area contributed by atoms with Crippen molar-refractivity contribution < 1.29 is 23.0 Å². The molecule has 7 nitrogen and oxygen atoms in total. The molecule has 1 amide bonds. The highest BCUT2D eigenvalue weighted by Crippen LogP contribution is 2.44. The van der Waals surface area contributed by atoms with Gasteiger partial charge < -0.3 is 10.1 Å². The second-order valence-corrected chi connectivity index (χ2v) is 11.3. The predicted octanol–water partition coefficient (Wildman–Crippen LogP) is 4.72. The molecule has 6 rings (SSSR count). The van der Waals surface area contributed by atoms with E-state index in [1.807, 2.05) is 30.1 Å². The number of methoxy groups -OCH3 is 1. The number of benzene rings is 2. The Kier molecular flexibility index (Phi) is 6.31. The van der Waals surface area contributed by atoms with Gasteiger partial charge in [-0.2, -0.15) is 0 Å². The number of alkyl halides is 2. The first-order valence-corrected chi connectivity index (χ1v) is 13.3. The zero-order chi connectivity index (χ0) is 26.6. The number of hydrogen-bond acceptors (Lipinski definition) is 4. The lowest BCUT2D eigenvalue weighted by atomic mass is 9.76. The number of amides is 1. The molecule has 0 unspecified atom stereocenters. The summed E-state index contributed by atoms with van der Waals surface area (Å²) >= 11 is 0. The average Bonchev–Trinajstić information content (AvgIpc) is 3.43. The molecule has 0 atom stereocenters. The molecule has 2 fully saturated rings. The summed E-state index contributed by atoms with van der Waals surface area (Å²) in [7, 11) is 3.62. The van der Waals surface area contributed by atoms with Gasteiger partial charge in [-0.3, -0.25) is 9.69 Å². The highest BCUT2D eigenvalue weighted by atomic mass is 19.3. The van der Waals surface area contributed by atoms with Crippen LogP contribution in [-0.4, -0.2) is 34.3 Å². The molecule has 0 radical (unpaired) electrons. The monoisotopic (exact) mass is 522 g/mol. The number of para-hydroxylation sites is 1. The van der Waals surface area contributed by atoms with Crippen LogP contribution in [0.2, 0.25) is 0 Å². The van der Waals surface area contributed by atoms with Crippen molar-refractivity contribution in [1.29, 1.82) is 0 Å². The number of rotatable bonds is 8. The van der Waals surface area contributed by atoms with E-state index in [0.717, 1.165) is 42.5 Å². The summed E-state index contributed by atoms with van der Waals surface area (Å²) in [6.45, 7) is 2.73. The van der Waals surface area contributed by atoms with Gasteiger partial charge >= 0.3 is 0 Å². The average molecular weight is 523 g/mol. The standard InChI is InChI=1S/C29H34F2N5O2/c1-29(8-5-9-29)32-14-18-10-22(27(30)31)24-15-35(28(37)23(24)11-18)25-7-4-6-21(19-12-20(13-19)38-3)26(25)36-17-34(2)16-33-36/h4,6-7,10-11,16-17,19-20,27,32H,5,8-9,12-15H2,1-3H3/q+1/t19-,20+. The number of aryl methyl sites for hydroxylation is 1. The molecular formula is C29H34F2N5O2+. The number of ether oxygens (including phenoxy) is 1. The van der Waals surface area contributed by atoms with E-state index in [9.17, 15) is 13.6 Å². The van der Waals surface area contributed by atoms with E-state index in [4.69, 9.17) is 4.74 Å². The van der Waals surface area contributed by atoms with Crippen molar-refractivity contribution in [2.24, 2.45) is 7.05 Å². The Morgan fingerprint density at radius 1 is 1.26 bits per heavy atom. The minimum atomic E-state index is -2.66. The molecule has 9 heteroatoms. The number of fused-ring (bicyclic) bond motifs is 1. The zero-order valence-corrected chi connectivity index (χ0v) is 22.1. The van der Waals surface area contributed by atoms with Gasteiger partial charge in [-0.1, -0.05) is 16.8 Å². The molecular weight excluding hydrogens is 488 g/mol. The lowest BCUT2D eigenvalue weighted by Gasteiger charge is -2.39. The van der Waals surface area contributed by atoms with Crippen molar-refractivity contribution in [1.82, 2.24) is 15.0 Å². The lowest BCUT2D eigenvalue weighted by Crippen LogP contribution is -2.47. The first-order valence-electron chi connectivity index (χ1n) is 13.3. The molecule has 3 aromatic rings. The Balaban J connectivity index is 1.38. The predicted molar refractivity (Wildman–Crippen MR) is 139 cm³/mol. The molecule has 38 heavy (non-hydrogen) atoms. The van der Waals surface area contributed by atoms with Crippen LogP contribution in [0.4, 0.5) is 14.5 Å². The first kappa shape index (κ1) is 25.1. The number of anilines is 1. The summed E-state index contributed by atoms with van der Waals surface area (Å²) in [5.41, 5.74) is 4.05. The maximum Gasteiger partial charge on any atom is 0.271 e. The van der Waals surface area contributed by atoms with Gasteiger partial charge in [-0.05, 0) is 79.4 Å². The van der Waals surface area contributed by atoms with Crippen LogP contribution in [0.5, 0.6) is 0 Å². The summed E-state index contributed by atoms with van der Waals surface area (Å²) in [6.07, 6.45) is 6.21. The minimum Gasteiger partial charge on any atom is -0.381 e. The molecule has 2 heterocycles. The number of halogens is 2. The number of carbonyl (C=O) groups excluding carboxylic acids is 1. The Labute approximate surface area is 221 Å². The Morgan fingerprint density at radius 3 is 2.68 bits per heavy atom. The van der Waals surface area contributed by atoms with Crippen LogP contribution in [0, 0.1) is 0 Å². The highest BCUT2D eigenvalue weighted by Gasteiger charge is 2.39. The van der Waals surface area contributed by atoms with Crippen molar-refractivity contribution in [2.45, 2.75) is 76.1 Å². The normalized spacial score (nSPS) is 21.9. The van der Waals surface area contributed by atoms with E-state index in [1.165, 1.54) is 6.42 Å². The van der Waals surface area contributed by atoms with Crippen LogP contribution in [0.3, 0.4) is 0 Å². The van der Waals surface area contributed by atoms with Crippen molar-refractivity contribution in [3.63, 3.8) is 0 Å². The van der Waals surface area contributed by atoms with Crippen LogP contribution in [-0.2, 0) is 24.9 Å². The highest BCUT2D eigenvalue weighted by molar-refractivity contribution is 6.11. The Morgan fingerprint density at radius 2 is 2.05 bits per heavy atom. The number of hydrogen-bond donors (Lipinski definition) is 1. The fraction of sp³-hybridized carbons (Fsp3) is 0.483. The van der Waals surface area contributed by atoms with Crippen LogP contribution in [0.1, 0.15) is 84.0 Å². The van der Waals surface area contributed by atoms with Crippen molar-refractivity contribution in [2.75, 3.05) is 12.0 Å². The van der Waals surface area contributed by atoms with E-state index in [0.29, 0.717) is 23.4 Å². The van der Waals surface area contributed by atoms with Gasteiger partial charge in [0.15, 0.2) is 5.69 Å². The Hall–Kier alpha value is -3.17. The van der Waals surface area contributed by atoms with Crippen LogP contribution in [0.15, 0.2) is 43.0 Å². The molecule has 0 saturated heterocycles. The summed E-state index contributed by atoms with van der Waals surface area (Å²) < 4.78 is 37.7. The van der Waals surface area contributed by atoms with Gasteiger partial charge in [0.05, 0.1) is 25.4 Å². The maximum absolute atomic E-state index is 14.3. The van der Waals surface area contributed by atoms with Crippen molar-refractivity contribution in [3.8, 4) is 5.69 Å². The third-order valence-electron chi connectivity index (χ3n) is 8.63. The van der Waals surface area contributed by atoms with Gasteiger partial charge in [-0.25, -0.2) is 13.3 Å². The van der Waals surface area contributed by atoms with Gasteiger partial charge in [-0.15, -0.1) is 0 Å². The molecule has 200 valence electrons. The van der Waals surface area contributed by atoms with Gasteiger partial charge in [0.1, 0.15) is 0 Å². The van der Waals surface area contributed by atoms with E-state index < -0.39 is 6.43 Å². The molecule has 2 saturated carbocycles. The van der Waals surface area contributed by atoms with E-state index in [1.54, 1.807) is 35.2 Å². The quantitative estimate of drug-likeness (QED) is 0.435. The van der Waals surface area contributed by atoms with Crippen LogP contribution >= 0.6 is 0 Å². The van der Waals surface area contributed by atoms with Crippen molar-refractivity contribution >= 4 is 11.6 Å². The van der Waals surface area contributed by atoms with Gasteiger partial charge in [0.2, 0.25) is 6.33 Å². The lowest BCUT2D eigenvalue weighted by molar-refractivity contribution is -0.657. The topological polar surface area (TPSA) is 63.3 Å². The summed E-state index contributed by atoms with van der Waals surface area (Å²) in [4.78, 5) is 15.5. The van der Waals surface area contributed by atoms with Crippen molar-refractivity contribution in [3.05, 3.63) is 70.8 Å². The Bertz CT molecular complexity index is 1380. The fourth-order valence-corrected chi connectivity index (χ4v) is 6.03. The first-order chi connectivity index (χ1) is 18.3. The molecule has 1 N–H and O–H groups in total. The summed E-state index contributed by atoms with van der Waals surface area (Å²) in [5.74, 6) is 0.0172. The summed E-state index contributed by atoms with van der Waals surface area (Å²) in [6, 6.07) is 9.26. The van der Waals surface area contributed by atoms with Gasteiger partial charge in [0, 0.05) is 35.9 Å². The molecule has 0 bridgehead atoms. The zero-order valence-electron chi connectivity index (χ0n) is 22.1. The number of carbonyl (C=O) groups is 1. The van der Waals surface area contributed by atoms with Crippen LogP contribution < -0.4 is 14.9 Å². The summed E-state index contributed by atoms with van der Waals surface area (Å²) in [5, 5.41) is 8.04. The number of nitrogens with one attached hydrogen (secondary N) is 1. The third-order valence-corrected chi connectivity index (χ3v) is 8.63. The molecule has 1 aromatic heterocycles. The molecule has 2 aromatic carbocycles. The number of nitrogens with zero attached hydrogens (tertiary/aromatic N) is 4. The minimum absolute atomic E-state index is 0.0403. The maximum atomic E-state index is 14.3. The second-order valence-electron chi connectivity index (χ2n) is 11.3. The molecule has 2 aliphatic carbocycles. The molecule has 1 aliphatic heterocycles. The SMILES string of the molecule is CO[C@H]1C[C@@H](c2cccc(N3Cc4c(cc(CNC5(C)CCC5)cc4C(F)F)C3=O)c2-[n+]2cn(C)cn2)C1. The third kappa shape index (κ3) is 4.31. The number of aromatic nitrogens is 3. The van der Waals surface area contributed by atoms with Gasteiger partial charge in [0.25, 0.3) is 18.7 Å². The van der Waals surface area contributed by atoms with E-state index in [-0.39, 0.29) is 35.6 Å². The van der Waals surface area contributed by atoms with Crippen LogP contribution in [0.25, 0.3) is 5.69 Å². The fourth-order valence-electron chi connectivity index (χ4n) is 6.03. The van der Waals surface area contributed by atoms with E-state index in [2.05, 4.69) is 23.4 Å². The molecule has 0 spiro atoms. The smallest absolute Gasteiger partial charge is 0.271 e. The largest absolute Gasteiger partial charge is 0.381 e. The molecule has 3 aliphatic rings. The van der Waals surface area contributed by atoms with E-state index >= 15 is 0 Å². The second kappa shape index (κ2) is 9.54.